The van der Waals surface area contributed by atoms with Gasteiger partial charge in [-0.15, -0.1) is 0 Å². The molecule has 0 saturated carbocycles. The van der Waals surface area contributed by atoms with Crippen molar-refractivity contribution in [2.75, 3.05) is 0 Å². The minimum absolute atomic E-state index is 0.0984. The molecule has 0 amide bonds. The Bertz CT molecular complexity index is 947. The largest absolute Gasteiger partial charge is 0.460 e. The molecule has 2 atom stereocenters. The standard InChI is InChI=1S/C19H14O4/c1-19-7-6-14(21)11-8-23-18(16(11)19)17(22)15-10-3-5-13(20)9(10)2-4-12(15)19/h2,4,6-8,14,21H,3,5H2,1H3/t14-,19+/m0/s1. The van der Waals surface area contributed by atoms with E-state index in [9.17, 15) is 14.7 Å². The predicted molar refractivity (Wildman–Crippen MR) is 81.8 cm³/mol. The first-order chi connectivity index (χ1) is 11.0. The van der Waals surface area contributed by atoms with Crippen LogP contribution in [0.4, 0.5) is 0 Å². The number of rotatable bonds is 0. The molecule has 4 heteroatoms. The number of hydrogen-bond acceptors (Lipinski definition) is 4. The topological polar surface area (TPSA) is 67.5 Å². The molecule has 0 unspecified atom stereocenters. The van der Waals surface area contributed by atoms with Crippen LogP contribution in [-0.4, -0.2) is 16.7 Å². The zero-order valence-electron chi connectivity index (χ0n) is 12.6. The number of ketones is 2. The van der Waals surface area contributed by atoms with Crippen LogP contribution in [0.25, 0.3) is 0 Å². The molecule has 1 heterocycles. The molecule has 1 aromatic carbocycles. The van der Waals surface area contributed by atoms with Crippen molar-refractivity contribution in [2.45, 2.75) is 31.3 Å². The summed E-state index contributed by atoms with van der Waals surface area (Å²) in [5.74, 6) is 0.222. The van der Waals surface area contributed by atoms with Gasteiger partial charge in [-0.1, -0.05) is 24.3 Å². The summed E-state index contributed by atoms with van der Waals surface area (Å²) in [6, 6.07) is 3.72. The van der Waals surface area contributed by atoms with E-state index in [4.69, 9.17) is 4.42 Å². The fraction of sp³-hybridized carbons (Fsp3) is 0.263. The molecule has 0 aliphatic heterocycles. The van der Waals surface area contributed by atoms with E-state index in [0.29, 0.717) is 35.3 Å². The van der Waals surface area contributed by atoms with Crippen LogP contribution in [0.1, 0.15) is 68.2 Å². The maximum atomic E-state index is 13.0. The van der Waals surface area contributed by atoms with Crippen LogP contribution in [0.2, 0.25) is 0 Å². The van der Waals surface area contributed by atoms with Gasteiger partial charge in [0.25, 0.3) is 0 Å². The first-order valence-electron chi connectivity index (χ1n) is 7.76. The van der Waals surface area contributed by atoms with Crippen LogP contribution in [0.5, 0.6) is 0 Å². The van der Waals surface area contributed by atoms with Crippen molar-refractivity contribution in [2.24, 2.45) is 0 Å². The van der Waals surface area contributed by atoms with Crippen LogP contribution >= 0.6 is 0 Å². The Morgan fingerprint density at radius 3 is 2.91 bits per heavy atom. The van der Waals surface area contributed by atoms with Crippen molar-refractivity contribution < 1.29 is 19.1 Å². The smallest absolute Gasteiger partial charge is 0.229 e. The van der Waals surface area contributed by atoms with Crippen LogP contribution in [0, 0.1) is 0 Å². The normalized spacial score (nSPS) is 27.0. The van der Waals surface area contributed by atoms with Gasteiger partial charge in [-0.2, -0.15) is 0 Å². The van der Waals surface area contributed by atoms with Gasteiger partial charge in [0.1, 0.15) is 6.10 Å². The maximum absolute atomic E-state index is 13.0. The van der Waals surface area contributed by atoms with Crippen molar-refractivity contribution >= 4 is 11.6 Å². The number of aliphatic hydroxyl groups is 1. The molecular weight excluding hydrogens is 292 g/mol. The van der Waals surface area contributed by atoms with Gasteiger partial charge in [-0.3, -0.25) is 9.59 Å². The number of Topliss-reactive ketones (excluding diaryl/α,β-unsaturated/α-hetero) is 1. The lowest BCUT2D eigenvalue weighted by molar-refractivity contribution is 0.0991. The van der Waals surface area contributed by atoms with Gasteiger partial charge in [-0.25, -0.2) is 0 Å². The van der Waals surface area contributed by atoms with E-state index >= 15 is 0 Å². The summed E-state index contributed by atoms with van der Waals surface area (Å²) in [7, 11) is 0. The second-order valence-corrected chi connectivity index (χ2v) is 6.67. The Balaban J connectivity index is 1.89. The molecule has 114 valence electrons. The lowest BCUT2D eigenvalue weighted by Crippen LogP contribution is -2.34. The zero-order valence-corrected chi connectivity index (χ0v) is 12.6. The zero-order chi connectivity index (χ0) is 15.9. The molecule has 1 aromatic heterocycles. The van der Waals surface area contributed by atoms with E-state index in [2.05, 4.69) is 0 Å². The summed E-state index contributed by atoms with van der Waals surface area (Å²) in [4.78, 5) is 25.0. The summed E-state index contributed by atoms with van der Waals surface area (Å²) in [6.07, 6.45) is 5.47. The molecule has 3 aliphatic carbocycles. The number of allylic oxidation sites excluding steroid dienone is 1. The van der Waals surface area contributed by atoms with Gasteiger partial charge in [0, 0.05) is 34.1 Å². The fourth-order valence-electron chi connectivity index (χ4n) is 4.33. The number of fused-ring (bicyclic) bond motifs is 4. The predicted octanol–water partition coefficient (Wildman–Crippen LogP) is 2.86. The van der Waals surface area contributed by atoms with Gasteiger partial charge in [0.2, 0.25) is 5.78 Å². The molecule has 3 aliphatic rings. The maximum Gasteiger partial charge on any atom is 0.229 e. The lowest BCUT2D eigenvalue weighted by atomic mass is 9.64. The fourth-order valence-corrected chi connectivity index (χ4v) is 4.33. The number of benzene rings is 1. The van der Waals surface area contributed by atoms with Crippen molar-refractivity contribution in [3.05, 3.63) is 69.7 Å². The number of furan rings is 1. The van der Waals surface area contributed by atoms with Gasteiger partial charge in [-0.05, 0) is 24.5 Å². The third-order valence-corrected chi connectivity index (χ3v) is 5.48. The second kappa shape index (κ2) is 3.89. The third kappa shape index (κ3) is 1.36. The van der Waals surface area contributed by atoms with Crippen molar-refractivity contribution in [3.8, 4) is 0 Å². The molecule has 0 spiro atoms. The summed E-state index contributed by atoms with van der Waals surface area (Å²) < 4.78 is 5.55. The molecule has 0 saturated heterocycles. The molecule has 2 aromatic rings. The highest BCUT2D eigenvalue weighted by atomic mass is 16.3. The van der Waals surface area contributed by atoms with Gasteiger partial charge in [0.15, 0.2) is 11.5 Å². The molecule has 23 heavy (non-hydrogen) atoms. The molecule has 1 N–H and O–H groups in total. The van der Waals surface area contributed by atoms with Gasteiger partial charge in [0.05, 0.1) is 6.26 Å². The lowest BCUT2D eigenvalue weighted by Gasteiger charge is -2.37. The highest BCUT2D eigenvalue weighted by Gasteiger charge is 2.47. The summed E-state index contributed by atoms with van der Waals surface area (Å²) in [6.45, 7) is 2.03. The Kier molecular flexibility index (Phi) is 2.20. The molecule has 0 fully saturated rings. The molecule has 0 radical (unpaired) electrons. The molecule has 0 bridgehead atoms. The molecule has 5 rings (SSSR count). The third-order valence-electron chi connectivity index (χ3n) is 5.48. The van der Waals surface area contributed by atoms with Gasteiger partial charge >= 0.3 is 0 Å². The van der Waals surface area contributed by atoms with Crippen molar-refractivity contribution in [1.82, 2.24) is 0 Å². The van der Waals surface area contributed by atoms with Crippen LogP contribution in [-0.2, 0) is 11.8 Å². The van der Waals surface area contributed by atoms with E-state index in [1.165, 1.54) is 6.26 Å². The highest BCUT2D eigenvalue weighted by Crippen LogP contribution is 2.50. The second-order valence-electron chi connectivity index (χ2n) is 6.67. The van der Waals surface area contributed by atoms with Crippen molar-refractivity contribution in [3.63, 3.8) is 0 Å². The summed E-state index contributed by atoms with van der Waals surface area (Å²) in [5, 5.41) is 10.1. The monoisotopic (exact) mass is 306 g/mol. The van der Waals surface area contributed by atoms with E-state index in [0.717, 1.165) is 16.7 Å². The van der Waals surface area contributed by atoms with E-state index in [1.54, 1.807) is 6.08 Å². The van der Waals surface area contributed by atoms with E-state index < -0.39 is 11.5 Å². The Hall–Kier alpha value is -2.46. The van der Waals surface area contributed by atoms with Crippen LogP contribution in [0.15, 0.2) is 35.0 Å². The highest BCUT2D eigenvalue weighted by molar-refractivity contribution is 6.15. The van der Waals surface area contributed by atoms with E-state index in [-0.39, 0.29) is 11.6 Å². The summed E-state index contributed by atoms with van der Waals surface area (Å²) >= 11 is 0. The van der Waals surface area contributed by atoms with Gasteiger partial charge < -0.3 is 9.52 Å². The first-order valence-corrected chi connectivity index (χ1v) is 7.76. The first kappa shape index (κ1) is 13.0. The Labute approximate surface area is 132 Å². The molecular formula is C19H14O4. The average molecular weight is 306 g/mol. The minimum Gasteiger partial charge on any atom is -0.460 e. The number of carbonyl (C=O) groups excluding carboxylic acids is 2. The molecule has 4 nitrogen and oxygen atoms in total. The number of hydrogen-bond donors (Lipinski definition) is 1. The SMILES string of the molecule is C[C@]12C=C[C@H](O)c3coc(c31)C(=O)c1c2ccc2c1CCC2=O. The quantitative estimate of drug-likeness (QED) is 0.760. The minimum atomic E-state index is -0.749. The van der Waals surface area contributed by atoms with Crippen molar-refractivity contribution in [1.29, 1.82) is 0 Å². The van der Waals surface area contributed by atoms with E-state index in [1.807, 2.05) is 25.1 Å². The van der Waals surface area contributed by atoms with Crippen LogP contribution in [0.3, 0.4) is 0 Å². The summed E-state index contributed by atoms with van der Waals surface area (Å²) in [5.41, 5.74) is 3.92. The average Bonchev–Trinajstić information content (AvgIpc) is 3.15. The van der Waals surface area contributed by atoms with Crippen LogP contribution < -0.4 is 0 Å². The Morgan fingerprint density at radius 2 is 2.09 bits per heavy atom. The Morgan fingerprint density at radius 1 is 1.26 bits per heavy atom. The number of aliphatic hydroxyl groups excluding tert-OH is 1. The number of carbonyl (C=O) groups is 2.